The molecule has 0 heterocycles. The van der Waals surface area contributed by atoms with Gasteiger partial charge in [-0.05, 0) is 24.6 Å². The van der Waals surface area contributed by atoms with Crippen molar-refractivity contribution in [2.45, 2.75) is 13.3 Å². The molecule has 16 heavy (non-hydrogen) atoms. The molecule has 0 aliphatic rings. The second-order valence-corrected chi connectivity index (χ2v) is 3.11. The topological polar surface area (TPSA) is 50.1 Å². The average molecular weight is 215 g/mol. The molecular formula is C13H13NO2. The summed E-state index contributed by atoms with van der Waals surface area (Å²) in [6.07, 6.45) is 3.93. The fourth-order valence-corrected chi connectivity index (χ4v) is 1.23. The van der Waals surface area contributed by atoms with Crippen LogP contribution in [0.15, 0.2) is 30.3 Å². The van der Waals surface area contributed by atoms with Crippen LogP contribution in [0.3, 0.4) is 0 Å². The van der Waals surface area contributed by atoms with E-state index in [9.17, 15) is 4.79 Å². The number of carbonyl (C=O) groups excluding carboxylic acids is 1. The Hall–Kier alpha value is -2.08. The van der Waals surface area contributed by atoms with Crippen LogP contribution in [0.1, 0.15) is 29.3 Å². The summed E-state index contributed by atoms with van der Waals surface area (Å²) < 4.78 is 4.89. The summed E-state index contributed by atoms with van der Waals surface area (Å²) in [5.74, 6) is -0.321. The Bertz CT molecular complexity index is 430. The van der Waals surface area contributed by atoms with E-state index in [2.05, 4.69) is 0 Å². The molecule has 3 heteroatoms. The van der Waals surface area contributed by atoms with Crippen molar-refractivity contribution in [3.8, 4) is 6.07 Å². The van der Waals surface area contributed by atoms with E-state index < -0.39 is 0 Å². The summed E-state index contributed by atoms with van der Waals surface area (Å²) in [5.41, 5.74) is 1.42. The number of hydrogen-bond acceptors (Lipinski definition) is 3. The zero-order valence-electron chi connectivity index (χ0n) is 9.14. The van der Waals surface area contributed by atoms with Crippen molar-refractivity contribution >= 4 is 12.0 Å². The van der Waals surface area contributed by atoms with Gasteiger partial charge in [-0.3, -0.25) is 0 Å². The first-order chi connectivity index (χ1) is 7.77. The zero-order valence-corrected chi connectivity index (χ0v) is 9.14. The van der Waals surface area contributed by atoms with Crippen molar-refractivity contribution in [2.24, 2.45) is 0 Å². The third-order valence-corrected chi connectivity index (χ3v) is 1.92. The largest absolute Gasteiger partial charge is 0.462 e. The van der Waals surface area contributed by atoms with Crippen LogP contribution in [0.4, 0.5) is 0 Å². The number of esters is 1. The van der Waals surface area contributed by atoms with Crippen molar-refractivity contribution in [1.82, 2.24) is 0 Å². The second-order valence-electron chi connectivity index (χ2n) is 3.11. The predicted molar refractivity (Wildman–Crippen MR) is 61.7 cm³/mol. The maximum absolute atomic E-state index is 11.4. The van der Waals surface area contributed by atoms with Gasteiger partial charge in [-0.2, -0.15) is 5.26 Å². The molecule has 0 unspecified atom stereocenters. The first-order valence-corrected chi connectivity index (χ1v) is 5.08. The van der Waals surface area contributed by atoms with Gasteiger partial charge in [-0.15, -0.1) is 0 Å². The maximum Gasteiger partial charge on any atom is 0.338 e. The van der Waals surface area contributed by atoms with E-state index in [-0.39, 0.29) is 5.97 Å². The molecular weight excluding hydrogens is 202 g/mol. The maximum atomic E-state index is 11.4. The van der Waals surface area contributed by atoms with Gasteiger partial charge in [-0.1, -0.05) is 24.3 Å². The summed E-state index contributed by atoms with van der Waals surface area (Å²) in [4.78, 5) is 11.4. The first kappa shape index (κ1) is 12.0. The predicted octanol–water partition coefficient (Wildman–Crippen LogP) is 2.79. The van der Waals surface area contributed by atoms with Crippen molar-refractivity contribution in [3.05, 3.63) is 41.5 Å². The number of carbonyl (C=O) groups is 1. The number of rotatable bonds is 4. The number of benzene rings is 1. The highest BCUT2D eigenvalue weighted by Crippen LogP contribution is 2.08. The van der Waals surface area contributed by atoms with Crippen LogP contribution < -0.4 is 0 Å². The van der Waals surface area contributed by atoms with Crippen LogP contribution in [0.5, 0.6) is 0 Å². The Balaban J connectivity index is 2.79. The normalized spacial score (nSPS) is 10.0. The van der Waals surface area contributed by atoms with Crippen molar-refractivity contribution < 1.29 is 9.53 Å². The summed E-state index contributed by atoms with van der Waals surface area (Å²) in [5, 5.41) is 8.38. The fourth-order valence-electron chi connectivity index (χ4n) is 1.23. The first-order valence-electron chi connectivity index (χ1n) is 5.08. The summed E-state index contributed by atoms with van der Waals surface area (Å²) in [6.45, 7) is 2.14. The minimum absolute atomic E-state index is 0.321. The van der Waals surface area contributed by atoms with Crippen LogP contribution in [-0.4, -0.2) is 12.6 Å². The Morgan fingerprint density at radius 1 is 1.56 bits per heavy atom. The Kier molecular flexibility index (Phi) is 4.81. The molecule has 0 aliphatic carbocycles. The summed E-state index contributed by atoms with van der Waals surface area (Å²) in [7, 11) is 0. The van der Waals surface area contributed by atoms with Crippen LogP contribution >= 0.6 is 0 Å². The molecule has 0 saturated heterocycles. The number of ether oxygens (including phenoxy) is 1. The van der Waals surface area contributed by atoms with Crippen LogP contribution in [0.25, 0.3) is 6.08 Å². The fraction of sp³-hybridized carbons (Fsp3) is 0.231. The van der Waals surface area contributed by atoms with Gasteiger partial charge in [0.05, 0.1) is 24.7 Å². The van der Waals surface area contributed by atoms with E-state index in [0.717, 1.165) is 5.56 Å². The van der Waals surface area contributed by atoms with Gasteiger partial charge in [0.25, 0.3) is 0 Å². The Labute approximate surface area is 95.0 Å². The van der Waals surface area contributed by atoms with Gasteiger partial charge < -0.3 is 4.74 Å². The molecule has 1 rings (SSSR count). The van der Waals surface area contributed by atoms with Crippen molar-refractivity contribution in [3.63, 3.8) is 0 Å². The molecule has 0 spiro atoms. The second kappa shape index (κ2) is 6.41. The molecule has 0 bridgehead atoms. The number of allylic oxidation sites excluding steroid dienone is 1. The number of hydrogen-bond donors (Lipinski definition) is 0. The minimum atomic E-state index is -0.321. The lowest BCUT2D eigenvalue weighted by Crippen LogP contribution is -2.04. The summed E-state index contributed by atoms with van der Waals surface area (Å²) >= 11 is 0. The number of nitrogens with zero attached hydrogens (tertiary/aromatic N) is 1. The lowest BCUT2D eigenvalue weighted by atomic mass is 10.1. The molecule has 0 atom stereocenters. The molecule has 0 N–H and O–H groups in total. The summed E-state index contributed by atoms with van der Waals surface area (Å²) in [6, 6.07) is 9.13. The highest BCUT2D eigenvalue weighted by molar-refractivity contribution is 5.90. The molecule has 0 radical (unpaired) electrons. The van der Waals surface area contributed by atoms with Gasteiger partial charge in [0, 0.05) is 0 Å². The minimum Gasteiger partial charge on any atom is -0.462 e. The Morgan fingerprint density at radius 3 is 3.06 bits per heavy atom. The van der Waals surface area contributed by atoms with Gasteiger partial charge in [-0.25, -0.2) is 4.79 Å². The monoisotopic (exact) mass is 215 g/mol. The van der Waals surface area contributed by atoms with E-state index in [1.807, 2.05) is 18.2 Å². The van der Waals surface area contributed by atoms with E-state index in [1.54, 1.807) is 31.2 Å². The van der Waals surface area contributed by atoms with E-state index in [4.69, 9.17) is 10.00 Å². The molecule has 1 aromatic rings. The average Bonchev–Trinajstić information content (AvgIpc) is 2.30. The highest BCUT2D eigenvalue weighted by atomic mass is 16.5. The molecule has 0 fully saturated rings. The molecule has 1 aromatic carbocycles. The van der Waals surface area contributed by atoms with Crippen LogP contribution in [0, 0.1) is 11.3 Å². The van der Waals surface area contributed by atoms with Crippen molar-refractivity contribution in [1.29, 1.82) is 5.26 Å². The van der Waals surface area contributed by atoms with Gasteiger partial charge in [0.15, 0.2) is 0 Å². The van der Waals surface area contributed by atoms with Gasteiger partial charge in [0.1, 0.15) is 0 Å². The third-order valence-electron chi connectivity index (χ3n) is 1.92. The third kappa shape index (κ3) is 3.58. The van der Waals surface area contributed by atoms with Gasteiger partial charge >= 0.3 is 5.97 Å². The molecule has 0 saturated carbocycles. The van der Waals surface area contributed by atoms with Crippen LogP contribution in [0.2, 0.25) is 0 Å². The molecule has 0 aromatic heterocycles. The van der Waals surface area contributed by atoms with Crippen molar-refractivity contribution in [2.75, 3.05) is 6.61 Å². The smallest absolute Gasteiger partial charge is 0.338 e. The standard InChI is InChI=1S/C13H13NO2/c1-2-16-13(15)12-8-5-7-11(10-12)6-3-4-9-14/h3,5-8,10H,2,4H2,1H3. The quantitative estimate of drug-likeness (QED) is 0.725. The highest BCUT2D eigenvalue weighted by Gasteiger charge is 2.05. The van der Waals surface area contributed by atoms with E-state index in [1.165, 1.54) is 0 Å². The number of nitriles is 1. The van der Waals surface area contributed by atoms with E-state index in [0.29, 0.717) is 18.6 Å². The lowest BCUT2D eigenvalue weighted by Gasteiger charge is -2.02. The molecule has 82 valence electrons. The SMILES string of the molecule is CCOC(=O)c1cccc(C=CCC#N)c1. The van der Waals surface area contributed by atoms with Crippen LogP contribution in [-0.2, 0) is 4.74 Å². The Morgan fingerprint density at radius 2 is 2.38 bits per heavy atom. The lowest BCUT2D eigenvalue weighted by molar-refractivity contribution is 0.0526. The zero-order chi connectivity index (χ0) is 11.8. The molecule has 0 amide bonds. The van der Waals surface area contributed by atoms with E-state index >= 15 is 0 Å². The molecule has 0 aliphatic heterocycles. The van der Waals surface area contributed by atoms with Gasteiger partial charge in [0.2, 0.25) is 0 Å². The molecule has 3 nitrogen and oxygen atoms in total.